The maximum absolute atomic E-state index is 6.36. The predicted molar refractivity (Wildman–Crippen MR) is 74.6 cm³/mol. The summed E-state index contributed by atoms with van der Waals surface area (Å²) in [6, 6.07) is 1.92. The third kappa shape index (κ3) is 2.43. The van der Waals surface area contributed by atoms with Crippen molar-refractivity contribution in [2.75, 3.05) is 31.1 Å². The van der Waals surface area contributed by atoms with Crippen LogP contribution in [0.2, 0.25) is 5.02 Å². The topological polar surface area (TPSA) is 54.2 Å². The highest BCUT2D eigenvalue weighted by atomic mass is 35.5. The number of nitrogens with zero attached hydrogens (tertiary/aromatic N) is 3. The fraction of sp³-hybridized carbons (Fsp3) is 0.385. The van der Waals surface area contributed by atoms with E-state index < -0.39 is 0 Å². The molecule has 1 aliphatic heterocycles. The van der Waals surface area contributed by atoms with E-state index in [1.165, 1.54) is 0 Å². The third-order valence-corrected chi connectivity index (χ3v) is 3.58. The summed E-state index contributed by atoms with van der Waals surface area (Å²) < 4.78 is 4.95. The van der Waals surface area contributed by atoms with Crippen LogP contribution in [0.4, 0.5) is 5.82 Å². The van der Waals surface area contributed by atoms with Gasteiger partial charge in [0.1, 0.15) is 12.1 Å². The van der Waals surface area contributed by atoms with Gasteiger partial charge in [-0.15, -0.1) is 0 Å². The SMILES string of the molecule is Cc1nocc1-c1cnc(N2CCNCC2)c(Cl)c1. The Morgan fingerprint density at radius 1 is 1.37 bits per heavy atom. The lowest BCUT2D eigenvalue weighted by molar-refractivity contribution is 0.415. The van der Waals surface area contributed by atoms with E-state index in [2.05, 4.69) is 20.4 Å². The third-order valence-electron chi connectivity index (χ3n) is 3.30. The van der Waals surface area contributed by atoms with Gasteiger partial charge in [0.2, 0.25) is 0 Å². The number of aromatic nitrogens is 2. The minimum absolute atomic E-state index is 0.667. The summed E-state index contributed by atoms with van der Waals surface area (Å²) in [5.41, 5.74) is 2.71. The molecular formula is C13H15ClN4O. The highest BCUT2D eigenvalue weighted by molar-refractivity contribution is 6.33. The molecule has 0 radical (unpaired) electrons. The van der Waals surface area contributed by atoms with Gasteiger partial charge in [-0.3, -0.25) is 0 Å². The first-order chi connectivity index (χ1) is 9.25. The molecule has 0 amide bonds. The number of aryl methyl sites for hydroxylation is 1. The lowest BCUT2D eigenvalue weighted by Gasteiger charge is -2.29. The number of hydrogen-bond acceptors (Lipinski definition) is 5. The number of hydrogen-bond donors (Lipinski definition) is 1. The first-order valence-corrected chi connectivity index (χ1v) is 6.66. The maximum atomic E-state index is 6.36. The van der Waals surface area contributed by atoms with Gasteiger partial charge in [-0.25, -0.2) is 4.98 Å². The van der Waals surface area contributed by atoms with Gasteiger partial charge in [0, 0.05) is 43.5 Å². The minimum Gasteiger partial charge on any atom is -0.364 e. The zero-order valence-corrected chi connectivity index (χ0v) is 11.4. The Hall–Kier alpha value is -1.59. The molecule has 1 saturated heterocycles. The smallest absolute Gasteiger partial charge is 0.147 e. The molecular weight excluding hydrogens is 264 g/mol. The molecule has 1 fully saturated rings. The van der Waals surface area contributed by atoms with Gasteiger partial charge in [-0.2, -0.15) is 0 Å². The van der Waals surface area contributed by atoms with Crippen molar-refractivity contribution in [2.24, 2.45) is 0 Å². The molecule has 2 aromatic rings. The van der Waals surface area contributed by atoms with E-state index in [0.29, 0.717) is 5.02 Å². The summed E-state index contributed by atoms with van der Waals surface area (Å²) in [4.78, 5) is 6.69. The molecule has 1 aliphatic rings. The lowest BCUT2D eigenvalue weighted by atomic mass is 10.1. The standard InChI is InChI=1S/C13H15ClN4O/c1-9-11(8-19-17-9)10-6-12(14)13(16-7-10)18-4-2-15-3-5-18/h6-8,15H,2-5H2,1H3. The predicted octanol–water partition coefficient (Wildman–Crippen LogP) is 2.11. The van der Waals surface area contributed by atoms with E-state index in [1.807, 2.05) is 19.2 Å². The second kappa shape index (κ2) is 5.19. The van der Waals surface area contributed by atoms with E-state index in [-0.39, 0.29) is 0 Å². The molecule has 5 nitrogen and oxygen atoms in total. The summed E-state index contributed by atoms with van der Waals surface area (Å²) >= 11 is 6.36. The Morgan fingerprint density at radius 2 is 2.16 bits per heavy atom. The van der Waals surface area contributed by atoms with Crippen LogP contribution in [0.25, 0.3) is 11.1 Å². The van der Waals surface area contributed by atoms with Crippen molar-refractivity contribution >= 4 is 17.4 Å². The first-order valence-electron chi connectivity index (χ1n) is 6.28. The molecule has 0 aliphatic carbocycles. The molecule has 6 heteroatoms. The maximum Gasteiger partial charge on any atom is 0.147 e. The van der Waals surface area contributed by atoms with Crippen LogP contribution in [-0.4, -0.2) is 36.3 Å². The van der Waals surface area contributed by atoms with E-state index >= 15 is 0 Å². The zero-order valence-electron chi connectivity index (χ0n) is 10.7. The fourth-order valence-corrected chi connectivity index (χ4v) is 2.54. The van der Waals surface area contributed by atoms with Gasteiger partial charge in [-0.05, 0) is 13.0 Å². The summed E-state index contributed by atoms with van der Waals surface area (Å²) in [6.45, 7) is 5.68. The van der Waals surface area contributed by atoms with Gasteiger partial charge in [0.25, 0.3) is 0 Å². The molecule has 2 aromatic heterocycles. The van der Waals surface area contributed by atoms with Gasteiger partial charge in [0.05, 0.1) is 10.7 Å². The summed E-state index contributed by atoms with van der Waals surface area (Å²) in [5, 5.41) is 7.85. The van der Waals surface area contributed by atoms with E-state index in [9.17, 15) is 0 Å². The van der Waals surface area contributed by atoms with Crippen molar-refractivity contribution in [2.45, 2.75) is 6.92 Å². The Labute approximate surface area is 116 Å². The monoisotopic (exact) mass is 278 g/mol. The summed E-state index contributed by atoms with van der Waals surface area (Å²) in [5.74, 6) is 0.848. The van der Waals surface area contributed by atoms with Gasteiger partial charge >= 0.3 is 0 Å². The van der Waals surface area contributed by atoms with Crippen LogP contribution in [0.5, 0.6) is 0 Å². The molecule has 3 heterocycles. The Morgan fingerprint density at radius 3 is 2.79 bits per heavy atom. The highest BCUT2D eigenvalue weighted by Crippen LogP contribution is 2.30. The van der Waals surface area contributed by atoms with E-state index in [1.54, 1.807) is 6.26 Å². The molecule has 0 spiro atoms. The highest BCUT2D eigenvalue weighted by Gasteiger charge is 2.16. The fourth-order valence-electron chi connectivity index (χ4n) is 2.26. The van der Waals surface area contributed by atoms with Crippen molar-refractivity contribution in [3.63, 3.8) is 0 Å². The van der Waals surface area contributed by atoms with Crippen LogP contribution >= 0.6 is 11.6 Å². The molecule has 100 valence electrons. The number of anilines is 1. The normalized spacial score (nSPS) is 15.8. The van der Waals surface area contributed by atoms with Crippen LogP contribution in [0.1, 0.15) is 5.69 Å². The first kappa shape index (κ1) is 12.4. The number of piperazine rings is 1. The van der Waals surface area contributed by atoms with Gasteiger partial charge in [0.15, 0.2) is 0 Å². The van der Waals surface area contributed by atoms with Crippen LogP contribution in [0.15, 0.2) is 23.0 Å². The van der Waals surface area contributed by atoms with Crippen LogP contribution in [0, 0.1) is 6.92 Å². The second-order valence-electron chi connectivity index (χ2n) is 4.58. The van der Waals surface area contributed by atoms with Crippen molar-refractivity contribution < 1.29 is 4.52 Å². The largest absolute Gasteiger partial charge is 0.364 e. The minimum atomic E-state index is 0.667. The van der Waals surface area contributed by atoms with Crippen LogP contribution < -0.4 is 10.2 Å². The second-order valence-corrected chi connectivity index (χ2v) is 4.99. The van der Waals surface area contributed by atoms with Crippen molar-refractivity contribution in [3.8, 4) is 11.1 Å². The Kier molecular flexibility index (Phi) is 3.40. The van der Waals surface area contributed by atoms with Crippen molar-refractivity contribution in [3.05, 3.63) is 29.2 Å². The molecule has 0 saturated carbocycles. The number of rotatable bonds is 2. The van der Waals surface area contributed by atoms with Gasteiger partial charge < -0.3 is 14.7 Å². The van der Waals surface area contributed by atoms with E-state index in [4.69, 9.17) is 16.1 Å². The van der Waals surface area contributed by atoms with E-state index in [0.717, 1.165) is 48.8 Å². The summed E-state index contributed by atoms with van der Waals surface area (Å²) in [7, 11) is 0. The van der Waals surface area contributed by atoms with Crippen LogP contribution in [-0.2, 0) is 0 Å². The Bertz CT molecular complexity index is 578. The summed E-state index contributed by atoms with van der Waals surface area (Å²) in [6.07, 6.45) is 3.44. The average Bonchev–Trinajstić information content (AvgIpc) is 2.86. The molecule has 0 bridgehead atoms. The molecule has 3 rings (SSSR count). The quantitative estimate of drug-likeness (QED) is 0.912. The van der Waals surface area contributed by atoms with Gasteiger partial charge in [-0.1, -0.05) is 16.8 Å². The van der Waals surface area contributed by atoms with Crippen molar-refractivity contribution in [1.82, 2.24) is 15.5 Å². The molecule has 1 N–H and O–H groups in total. The zero-order chi connectivity index (χ0) is 13.2. The lowest BCUT2D eigenvalue weighted by Crippen LogP contribution is -2.44. The molecule has 0 aromatic carbocycles. The number of pyridine rings is 1. The molecule has 0 unspecified atom stereocenters. The van der Waals surface area contributed by atoms with Crippen molar-refractivity contribution in [1.29, 1.82) is 0 Å². The number of halogens is 1. The van der Waals surface area contributed by atoms with Crippen LogP contribution in [0.3, 0.4) is 0 Å². The Balaban J connectivity index is 1.91. The molecule has 0 atom stereocenters. The molecule has 19 heavy (non-hydrogen) atoms. The average molecular weight is 279 g/mol. The number of nitrogens with one attached hydrogen (secondary N) is 1.